The fraction of sp³-hybridized carbons (Fsp3) is 0.500. The summed E-state index contributed by atoms with van der Waals surface area (Å²) in [4.78, 5) is 27.5. The first-order valence-corrected chi connectivity index (χ1v) is 6.29. The minimum Gasteiger partial charge on any atom is -0.467 e. The summed E-state index contributed by atoms with van der Waals surface area (Å²) < 4.78 is 9.80. The van der Waals surface area contributed by atoms with E-state index >= 15 is 0 Å². The first-order valence-electron chi connectivity index (χ1n) is 6.29. The average Bonchev–Trinajstić information content (AvgIpc) is 2.36. The smallest absolute Gasteiger partial charge is 0.408 e. The number of methoxy groups -OCH3 is 1. The summed E-state index contributed by atoms with van der Waals surface area (Å²) >= 11 is 0. The summed E-state index contributed by atoms with van der Waals surface area (Å²) in [6.07, 6.45) is 1.20. The van der Waals surface area contributed by atoms with E-state index in [9.17, 15) is 9.59 Å². The summed E-state index contributed by atoms with van der Waals surface area (Å²) in [7, 11) is 1.27. The Kier molecular flexibility index (Phi) is 5.49. The molecule has 20 heavy (non-hydrogen) atoms. The predicted molar refractivity (Wildman–Crippen MR) is 73.1 cm³/mol. The van der Waals surface area contributed by atoms with E-state index in [1.54, 1.807) is 39.1 Å². The number of carbonyl (C=O) groups is 2. The minimum absolute atomic E-state index is 0.243. The number of rotatable bonds is 4. The predicted octanol–water partition coefficient (Wildman–Crippen LogP) is 1.69. The van der Waals surface area contributed by atoms with Crippen molar-refractivity contribution in [2.45, 2.75) is 38.8 Å². The molecule has 0 spiro atoms. The number of hydrogen-bond donors (Lipinski definition) is 1. The molecule has 0 saturated carbocycles. The molecule has 0 unspecified atom stereocenters. The molecule has 0 aliphatic heterocycles. The zero-order chi connectivity index (χ0) is 15.2. The van der Waals surface area contributed by atoms with Crippen LogP contribution in [-0.4, -0.2) is 35.8 Å². The Morgan fingerprint density at radius 1 is 1.35 bits per heavy atom. The topological polar surface area (TPSA) is 77.5 Å². The number of aromatic nitrogens is 1. The van der Waals surface area contributed by atoms with Crippen LogP contribution in [0.5, 0.6) is 0 Å². The van der Waals surface area contributed by atoms with Gasteiger partial charge in [0.1, 0.15) is 11.6 Å². The van der Waals surface area contributed by atoms with Crippen LogP contribution < -0.4 is 5.32 Å². The van der Waals surface area contributed by atoms with Crippen molar-refractivity contribution in [3.05, 3.63) is 30.1 Å². The monoisotopic (exact) mass is 280 g/mol. The van der Waals surface area contributed by atoms with Gasteiger partial charge in [-0.15, -0.1) is 0 Å². The van der Waals surface area contributed by atoms with E-state index in [0.717, 1.165) is 0 Å². The van der Waals surface area contributed by atoms with Crippen LogP contribution in [0.1, 0.15) is 26.5 Å². The van der Waals surface area contributed by atoms with Gasteiger partial charge in [0.15, 0.2) is 0 Å². The molecule has 1 rings (SSSR count). The van der Waals surface area contributed by atoms with Crippen LogP contribution in [0.4, 0.5) is 4.79 Å². The normalized spacial score (nSPS) is 12.4. The Morgan fingerprint density at radius 3 is 2.55 bits per heavy atom. The maximum absolute atomic E-state index is 11.7. The van der Waals surface area contributed by atoms with E-state index < -0.39 is 23.7 Å². The van der Waals surface area contributed by atoms with Crippen molar-refractivity contribution in [2.24, 2.45) is 0 Å². The van der Waals surface area contributed by atoms with Crippen LogP contribution in [0.3, 0.4) is 0 Å². The maximum atomic E-state index is 11.7. The third-order valence-corrected chi connectivity index (χ3v) is 2.32. The van der Waals surface area contributed by atoms with E-state index in [0.29, 0.717) is 5.69 Å². The number of alkyl carbamates (subject to hydrolysis) is 1. The Balaban J connectivity index is 2.70. The molecule has 1 heterocycles. The summed E-state index contributed by atoms with van der Waals surface area (Å²) in [5.41, 5.74) is 0.0504. The maximum Gasteiger partial charge on any atom is 0.408 e. The molecule has 6 nitrogen and oxygen atoms in total. The van der Waals surface area contributed by atoms with Crippen molar-refractivity contribution >= 4 is 12.1 Å². The second kappa shape index (κ2) is 6.88. The first-order chi connectivity index (χ1) is 9.31. The molecule has 0 fully saturated rings. The summed E-state index contributed by atoms with van der Waals surface area (Å²) in [6.45, 7) is 5.25. The number of carbonyl (C=O) groups excluding carboxylic acids is 2. The molecular weight excluding hydrogens is 260 g/mol. The van der Waals surface area contributed by atoms with Gasteiger partial charge in [-0.25, -0.2) is 9.59 Å². The van der Waals surface area contributed by atoms with Gasteiger partial charge in [-0.1, -0.05) is 6.07 Å². The van der Waals surface area contributed by atoms with Crippen molar-refractivity contribution in [3.8, 4) is 0 Å². The fourth-order valence-electron chi connectivity index (χ4n) is 1.51. The van der Waals surface area contributed by atoms with E-state index in [-0.39, 0.29) is 6.42 Å². The van der Waals surface area contributed by atoms with Gasteiger partial charge in [0.05, 0.1) is 7.11 Å². The van der Waals surface area contributed by atoms with Crippen molar-refractivity contribution in [1.29, 1.82) is 0 Å². The molecule has 1 atom stereocenters. The van der Waals surface area contributed by atoms with Crippen molar-refractivity contribution in [3.63, 3.8) is 0 Å². The number of nitrogens with one attached hydrogen (secondary N) is 1. The highest BCUT2D eigenvalue weighted by atomic mass is 16.6. The lowest BCUT2D eigenvalue weighted by Crippen LogP contribution is -2.45. The summed E-state index contributed by atoms with van der Waals surface area (Å²) in [5, 5.41) is 2.50. The average molecular weight is 280 g/mol. The molecule has 1 N–H and O–H groups in total. The van der Waals surface area contributed by atoms with Crippen LogP contribution in [-0.2, 0) is 20.7 Å². The van der Waals surface area contributed by atoms with E-state index in [1.807, 2.05) is 6.07 Å². The van der Waals surface area contributed by atoms with Gasteiger partial charge in [-0.3, -0.25) is 4.98 Å². The largest absolute Gasteiger partial charge is 0.467 e. The zero-order valence-electron chi connectivity index (χ0n) is 12.2. The number of esters is 1. The molecule has 1 aromatic rings. The van der Waals surface area contributed by atoms with Crippen LogP contribution in [0, 0.1) is 0 Å². The van der Waals surface area contributed by atoms with Crippen LogP contribution >= 0.6 is 0 Å². The van der Waals surface area contributed by atoms with Gasteiger partial charge in [-0.2, -0.15) is 0 Å². The van der Waals surface area contributed by atoms with Crippen LogP contribution in [0.15, 0.2) is 24.4 Å². The number of nitrogens with zero attached hydrogens (tertiary/aromatic N) is 1. The molecule has 0 saturated heterocycles. The summed E-state index contributed by atoms with van der Waals surface area (Å²) in [5.74, 6) is -0.540. The molecule has 1 amide bonds. The number of ether oxygens (including phenoxy) is 2. The number of hydrogen-bond acceptors (Lipinski definition) is 5. The lowest BCUT2D eigenvalue weighted by Gasteiger charge is -2.22. The molecule has 0 radical (unpaired) electrons. The molecule has 110 valence electrons. The van der Waals surface area contributed by atoms with Crippen molar-refractivity contribution in [2.75, 3.05) is 7.11 Å². The lowest BCUT2D eigenvalue weighted by atomic mass is 10.1. The second-order valence-electron chi connectivity index (χ2n) is 5.25. The molecule has 1 aromatic heterocycles. The third-order valence-electron chi connectivity index (χ3n) is 2.32. The van der Waals surface area contributed by atoms with Crippen LogP contribution in [0.2, 0.25) is 0 Å². The first kappa shape index (κ1) is 15.9. The highest BCUT2D eigenvalue weighted by molar-refractivity contribution is 5.81. The molecule has 0 aliphatic carbocycles. The Labute approximate surface area is 118 Å². The van der Waals surface area contributed by atoms with Gasteiger partial charge in [-0.05, 0) is 32.9 Å². The lowest BCUT2D eigenvalue weighted by molar-refractivity contribution is -0.143. The van der Waals surface area contributed by atoms with Gasteiger partial charge < -0.3 is 14.8 Å². The van der Waals surface area contributed by atoms with E-state index in [4.69, 9.17) is 4.74 Å². The number of amides is 1. The van der Waals surface area contributed by atoms with Crippen LogP contribution in [0.25, 0.3) is 0 Å². The zero-order valence-corrected chi connectivity index (χ0v) is 12.2. The summed E-state index contributed by atoms with van der Waals surface area (Å²) in [6, 6.07) is 4.53. The van der Waals surface area contributed by atoms with Gasteiger partial charge >= 0.3 is 12.1 Å². The molecule has 0 aromatic carbocycles. The standard InChI is InChI=1S/C14H20N2O4/c1-14(2,3)20-13(18)16-11(12(17)19-4)9-10-7-5-6-8-15-10/h5-8,11H,9H2,1-4H3,(H,16,18)/t11-/m1/s1. The Bertz CT molecular complexity index is 454. The molecule has 6 heteroatoms. The third kappa shape index (κ3) is 5.69. The van der Waals surface area contributed by atoms with Gasteiger partial charge in [0, 0.05) is 18.3 Å². The highest BCUT2D eigenvalue weighted by Crippen LogP contribution is 2.08. The Morgan fingerprint density at radius 2 is 2.05 bits per heavy atom. The second-order valence-corrected chi connectivity index (χ2v) is 5.25. The van der Waals surface area contributed by atoms with E-state index in [2.05, 4.69) is 15.0 Å². The molecule has 0 aliphatic rings. The van der Waals surface area contributed by atoms with Gasteiger partial charge in [0.25, 0.3) is 0 Å². The quantitative estimate of drug-likeness (QED) is 0.849. The molecular formula is C14H20N2O4. The number of pyridine rings is 1. The Hall–Kier alpha value is -2.11. The molecule has 0 bridgehead atoms. The van der Waals surface area contributed by atoms with E-state index in [1.165, 1.54) is 7.11 Å². The fourth-order valence-corrected chi connectivity index (χ4v) is 1.51. The minimum atomic E-state index is -0.829. The van der Waals surface area contributed by atoms with Crippen molar-refractivity contribution in [1.82, 2.24) is 10.3 Å². The van der Waals surface area contributed by atoms with Gasteiger partial charge in [0.2, 0.25) is 0 Å². The SMILES string of the molecule is COC(=O)[C@@H](Cc1ccccn1)NC(=O)OC(C)(C)C. The highest BCUT2D eigenvalue weighted by Gasteiger charge is 2.25. The van der Waals surface area contributed by atoms with Crippen molar-refractivity contribution < 1.29 is 19.1 Å².